The second kappa shape index (κ2) is 8.55. The maximum absolute atomic E-state index is 12.7. The summed E-state index contributed by atoms with van der Waals surface area (Å²) >= 11 is 0. The van der Waals surface area contributed by atoms with E-state index in [9.17, 15) is 19.7 Å². The number of aliphatic carboxylic acids is 1. The average molecular weight is 390 g/mol. The van der Waals surface area contributed by atoms with Gasteiger partial charge < -0.3 is 15.3 Å². The van der Waals surface area contributed by atoms with Crippen molar-refractivity contribution < 1.29 is 19.6 Å². The summed E-state index contributed by atoms with van der Waals surface area (Å²) in [6, 6.07) is 4.94. The first-order valence-corrected chi connectivity index (χ1v) is 9.69. The third-order valence-electron chi connectivity index (χ3n) is 5.56. The number of amides is 1. The molecule has 2 fully saturated rings. The Hall–Kier alpha value is -2.68. The molecule has 0 bridgehead atoms. The van der Waals surface area contributed by atoms with Gasteiger partial charge in [0.2, 0.25) is 0 Å². The van der Waals surface area contributed by atoms with E-state index in [4.69, 9.17) is 5.11 Å². The molecular formula is C19H26N4O5. The topological polar surface area (TPSA) is 116 Å². The number of hydrogen-bond donors (Lipinski definition) is 2. The average Bonchev–Trinajstić information content (AvgIpc) is 3.16. The minimum atomic E-state index is -0.835. The molecule has 1 amide bonds. The van der Waals surface area contributed by atoms with E-state index in [0.717, 1.165) is 25.7 Å². The predicted molar refractivity (Wildman–Crippen MR) is 104 cm³/mol. The van der Waals surface area contributed by atoms with Gasteiger partial charge in [-0.2, -0.15) is 0 Å². The van der Waals surface area contributed by atoms with E-state index < -0.39 is 10.9 Å². The van der Waals surface area contributed by atoms with Crippen LogP contribution in [0.25, 0.3) is 0 Å². The van der Waals surface area contributed by atoms with Crippen LogP contribution in [-0.4, -0.2) is 70.0 Å². The zero-order valence-electron chi connectivity index (χ0n) is 16.0. The molecule has 1 saturated carbocycles. The van der Waals surface area contributed by atoms with Crippen molar-refractivity contribution in [2.24, 2.45) is 0 Å². The number of nitrogens with zero attached hydrogens (tertiary/aromatic N) is 3. The van der Waals surface area contributed by atoms with E-state index in [-0.39, 0.29) is 35.8 Å². The van der Waals surface area contributed by atoms with E-state index in [1.807, 2.05) is 11.8 Å². The lowest BCUT2D eigenvalue weighted by Crippen LogP contribution is -2.51. The maximum atomic E-state index is 12.7. The number of likely N-dealkylation sites (N-methyl/N-ethyl adjacent to an activating group) is 1. The number of hydrogen-bond acceptors (Lipinski definition) is 6. The normalized spacial score (nSPS) is 21.4. The number of carbonyl (C=O) groups is 2. The van der Waals surface area contributed by atoms with Crippen LogP contribution in [0.4, 0.5) is 11.4 Å². The summed E-state index contributed by atoms with van der Waals surface area (Å²) in [6.45, 7) is 3.91. The third-order valence-corrected chi connectivity index (χ3v) is 5.56. The van der Waals surface area contributed by atoms with Crippen LogP contribution in [-0.2, 0) is 4.79 Å². The van der Waals surface area contributed by atoms with Gasteiger partial charge in [-0.15, -0.1) is 0 Å². The molecule has 1 aromatic carbocycles. The van der Waals surface area contributed by atoms with Gasteiger partial charge >= 0.3 is 5.97 Å². The number of carboxylic acids is 1. The van der Waals surface area contributed by atoms with Crippen LogP contribution >= 0.6 is 0 Å². The van der Waals surface area contributed by atoms with Crippen molar-refractivity contribution in [2.45, 2.75) is 44.7 Å². The summed E-state index contributed by atoms with van der Waals surface area (Å²) in [4.78, 5) is 38.1. The van der Waals surface area contributed by atoms with Crippen molar-refractivity contribution in [3.63, 3.8) is 0 Å². The highest BCUT2D eigenvalue weighted by atomic mass is 16.6. The lowest BCUT2D eigenvalue weighted by atomic mass is 9.85. The molecule has 152 valence electrons. The van der Waals surface area contributed by atoms with Crippen LogP contribution in [0.2, 0.25) is 0 Å². The summed E-state index contributed by atoms with van der Waals surface area (Å²) in [5, 5.41) is 23.6. The standard InChI is InChI=1S/C19H26N4O5/c1-2-21(12-18(24)25)15-9-14(10-15)20-13-5-6-17(23(27)28)16(11-13)19(26)22-7-3-4-8-22/h5-6,11,14-15,20H,2-4,7-10,12H2,1H3,(H,24,25). The second-order valence-corrected chi connectivity index (χ2v) is 7.41. The fourth-order valence-electron chi connectivity index (χ4n) is 3.96. The maximum Gasteiger partial charge on any atom is 0.317 e. The second-order valence-electron chi connectivity index (χ2n) is 7.41. The number of rotatable bonds is 8. The Bertz CT molecular complexity index is 757. The highest BCUT2D eigenvalue weighted by molar-refractivity contribution is 5.99. The first-order valence-electron chi connectivity index (χ1n) is 9.69. The molecule has 1 heterocycles. The van der Waals surface area contributed by atoms with Crippen LogP contribution in [0.1, 0.15) is 43.0 Å². The predicted octanol–water partition coefficient (Wildman–Crippen LogP) is 2.18. The van der Waals surface area contributed by atoms with Crippen LogP contribution < -0.4 is 5.32 Å². The summed E-state index contributed by atoms with van der Waals surface area (Å²) in [6.07, 6.45) is 3.44. The highest BCUT2D eigenvalue weighted by Crippen LogP contribution is 2.31. The first kappa shape index (κ1) is 20.1. The summed E-state index contributed by atoms with van der Waals surface area (Å²) in [7, 11) is 0. The summed E-state index contributed by atoms with van der Waals surface area (Å²) in [5.41, 5.74) is 0.624. The third kappa shape index (κ3) is 4.41. The minimum absolute atomic E-state index is 0.0277. The van der Waals surface area contributed by atoms with Gasteiger partial charge in [-0.05, 0) is 44.4 Å². The van der Waals surface area contributed by atoms with Crippen molar-refractivity contribution in [2.75, 3.05) is 31.5 Å². The minimum Gasteiger partial charge on any atom is -0.480 e. The van der Waals surface area contributed by atoms with E-state index in [2.05, 4.69) is 5.32 Å². The molecule has 1 aromatic rings. The van der Waals surface area contributed by atoms with Crippen LogP contribution in [0.15, 0.2) is 18.2 Å². The summed E-state index contributed by atoms with van der Waals surface area (Å²) in [5.74, 6) is -1.13. The van der Waals surface area contributed by atoms with E-state index in [0.29, 0.717) is 25.3 Å². The first-order chi connectivity index (χ1) is 13.4. The van der Waals surface area contributed by atoms with Crippen molar-refractivity contribution in [1.29, 1.82) is 0 Å². The van der Waals surface area contributed by atoms with Crippen molar-refractivity contribution in [3.8, 4) is 0 Å². The number of nitrogens with one attached hydrogen (secondary N) is 1. The van der Waals surface area contributed by atoms with Gasteiger partial charge in [-0.3, -0.25) is 24.6 Å². The number of carbonyl (C=O) groups excluding carboxylic acids is 1. The molecule has 0 unspecified atom stereocenters. The SMILES string of the molecule is CCN(CC(=O)O)C1CC(Nc2ccc([N+](=O)[O-])c(C(=O)N3CCCC3)c2)C1. The molecule has 3 rings (SSSR count). The Morgan fingerprint density at radius 1 is 1.32 bits per heavy atom. The number of nitro benzene ring substituents is 1. The van der Waals surface area contributed by atoms with Crippen LogP contribution in [0.3, 0.4) is 0 Å². The molecule has 9 heteroatoms. The van der Waals surface area contributed by atoms with E-state index in [1.54, 1.807) is 17.0 Å². The van der Waals surface area contributed by atoms with Gasteiger partial charge in [0.1, 0.15) is 5.56 Å². The molecule has 0 spiro atoms. The summed E-state index contributed by atoms with van der Waals surface area (Å²) < 4.78 is 0. The Kier molecular flexibility index (Phi) is 6.13. The fourth-order valence-corrected chi connectivity index (χ4v) is 3.96. The molecule has 1 saturated heterocycles. The highest BCUT2D eigenvalue weighted by Gasteiger charge is 2.34. The number of benzene rings is 1. The van der Waals surface area contributed by atoms with Crippen LogP contribution in [0, 0.1) is 10.1 Å². The Morgan fingerprint density at radius 3 is 2.57 bits per heavy atom. The molecule has 0 atom stereocenters. The van der Waals surface area contributed by atoms with E-state index >= 15 is 0 Å². The molecule has 9 nitrogen and oxygen atoms in total. The molecule has 28 heavy (non-hydrogen) atoms. The Morgan fingerprint density at radius 2 is 2.00 bits per heavy atom. The monoisotopic (exact) mass is 390 g/mol. The van der Waals surface area contributed by atoms with Crippen LogP contribution in [0.5, 0.6) is 0 Å². The lowest BCUT2D eigenvalue weighted by Gasteiger charge is -2.42. The number of nitro groups is 1. The number of carboxylic acid groups (broad SMARTS) is 1. The molecule has 0 aromatic heterocycles. The lowest BCUT2D eigenvalue weighted by molar-refractivity contribution is -0.385. The van der Waals surface area contributed by atoms with Gasteiger partial charge in [-0.1, -0.05) is 6.92 Å². The number of likely N-dealkylation sites (tertiary alicyclic amines) is 1. The Labute approximate surface area is 163 Å². The molecule has 2 aliphatic rings. The smallest absolute Gasteiger partial charge is 0.317 e. The Balaban J connectivity index is 1.67. The van der Waals surface area contributed by atoms with Gasteiger partial charge in [-0.25, -0.2) is 0 Å². The largest absolute Gasteiger partial charge is 0.480 e. The number of anilines is 1. The van der Waals surface area contributed by atoms with Gasteiger partial charge in [0.15, 0.2) is 0 Å². The van der Waals surface area contributed by atoms with Crippen molar-refractivity contribution in [1.82, 2.24) is 9.80 Å². The quantitative estimate of drug-likeness (QED) is 0.516. The van der Waals surface area contributed by atoms with Gasteiger partial charge in [0, 0.05) is 36.9 Å². The molecule has 1 aliphatic heterocycles. The van der Waals surface area contributed by atoms with Crippen molar-refractivity contribution in [3.05, 3.63) is 33.9 Å². The van der Waals surface area contributed by atoms with Gasteiger partial charge in [0.05, 0.1) is 11.5 Å². The van der Waals surface area contributed by atoms with E-state index in [1.165, 1.54) is 6.07 Å². The zero-order chi connectivity index (χ0) is 20.3. The fraction of sp³-hybridized carbons (Fsp3) is 0.579. The van der Waals surface area contributed by atoms with Gasteiger partial charge in [0.25, 0.3) is 11.6 Å². The molecule has 2 N–H and O–H groups in total. The van der Waals surface area contributed by atoms with Crippen molar-refractivity contribution >= 4 is 23.3 Å². The zero-order valence-corrected chi connectivity index (χ0v) is 16.0. The molecule has 1 aliphatic carbocycles. The molecular weight excluding hydrogens is 364 g/mol. The molecule has 0 radical (unpaired) electrons.